The van der Waals surface area contributed by atoms with Gasteiger partial charge in [0.15, 0.2) is 0 Å². The van der Waals surface area contributed by atoms with E-state index >= 15 is 0 Å². The van der Waals surface area contributed by atoms with Crippen LogP contribution in [0.25, 0.3) is 11.4 Å². The fraction of sp³-hybridized carbons (Fsp3) is 0. The molecule has 0 radical (unpaired) electrons. The van der Waals surface area contributed by atoms with Gasteiger partial charge in [0, 0.05) is 36.2 Å². The number of imidazole rings is 1. The van der Waals surface area contributed by atoms with E-state index in [0.717, 1.165) is 17.1 Å². The summed E-state index contributed by atoms with van der Waals surface area (Å²) in [6, 6.07) is 9.82. The topological polar surface area (TPSA) is 48.8 Å². The summed E-state index contributed by atoms with van der Waals surface area (Å²) >= 11 is 0. The molecule has 0 bridgehead atoms. The van der Waals surface area contributed by atoms with Gasteiger partial charge in [-0.25, -0.2) is 4.98 Å². The van der Waals surface area contributed by atoms with E-state index in [4.69, 9.17) is 5.73 Å². The van der Waals surface area contributed by atoms with Crippen LogP contribution < -0.4 is 5.73 Å². The van der Waals surface area contributed by atoms with E-state index in [1.807, 2.05) is 53.5 Å². The molecule has 3 rings (SSSR count). The van der Waals surface area contributed by atoms with E-state index in [1.165, 1.54) is 0 Å². The predicted molar refractivity (Wildman–Crippen MR) is 67.3 cm³/mol. The Kier molecular flexibility index (Phi) is 2.19. The third-order valence-electron chi connectivity index (χ3n) is 2.67. The minimum atomic E-state index is 0.774. The Bertz CT molecular complexity index is 605. The van der Waals surface area contributed by atoms with Crippen molar-refractivity contribution in [3.8, 4) is 11.4 Å². The van der Waals surface area contributed by atoms with Crippen LogP contribution in [-0.2, 0) is 0 Å². The number of benzene rings is 1. The molecule has 1 aromatic carbocycles. The summed E-state index contributed by atoms with van der Waals surface area (Å²) in [5, 5.41) is 0. The summed E-state index contributed by atoms with van der Waals surface area (Å²) in [4.78, 5) is 4.03. The number of aromatic nitrogens is 3. The Morgan fingerprint density at radius 2 is 1.71 bits per heavy atom. The van der Waals surface area contributed by atoms with Crippen LogP contribution in [0.1, 0.15) is 0 Å². The zero-order chi connectivity index (χ0) is 11.7. The number of nitrogen functional groups attached to an aromatic ring is 1. The zero-order valence-corrected chi connectivity index (χ0v) is 9.19. The van der Waals surface area contributed by atoms with Gasteiger partial charge in [-0.3, -0.25) is 0 Å². The molecule has 4 nitrogen and oxygen atoms in total. The minimum Gasteiger partial charge on any atom is -0.399 e. The first-order valence-electron chi connectivity index (χ1n) is 5.35. The van der Waals surface area contributed by atoms with Crippen molar-refractivity contribution in [1.29, 1.82) is 0 Å². The molecule has 0 aliphatic carbocycles. The van der Waals surface area contributed by atoms with Crippen molar-refractivity contribution < 1.29 is 0 Å². The summed E-state index contributed by atoms with van der Waals surface area (Å²) in [6.45, 7) is 0. The van der Waals surface area contributed by atoms with Gasteiger partial charge < -0.3 is 14.9 Å². The van der Waals surface area contributed by atoms with Gasteiger partial charge in [0.25, 0.3) is 0 Å². The molecule has 0 unspecified atom stereocenters. The van der Waals surface area contributed by atoms with Gasteiger partial charge in [-0.15, -0.1) is 0 Å². The van der Waals surface area contributed by atoms with Crippen LogP contribution >= 0.6 is 0 Å². The molecule has 2 N–H and O–H groups in total. The van der Waals surface area contributed by atoms with E-state index in [2.05, 4.69) is 9.55 Å². The van der Waals surface area contributed by atoms with Crippen molar-refractivity contribution >= 4 is 5.69 Å². The summed E-state index contributed by atoms with van der Waals surface area (Å²) in [6.07, 6.45) is 9.53. The Balaban J connectivity index is 1.98. The average molecular weight is 224 g/mol. The lowest BCUT2D eigenvalue weighted by molar-refractivity contribution is 1.03. The third kappa shape index (κ3) is 1.80. The van der Waals surface area contributed by atoms with Gasteiger partial charge in [-0.05, 0) is 30.3 Å². The van der Waals surface area contributed by atoms with Gasteiger partial charge in [0.05, 0.1) is 12.0 Å². The van der Waals surface area contributed by atoms with Crippen molar-refractivity contribution in [2.75, 3.05) is 5.73 Å². The van der Waals surface area contributed by atoms with E-state index in [1.54, 1.807) is 12.5 Å². The molecule has 2 aromatic heterocycles. The third-order valence-corrected chi connectivity index (χ3v) is 2.67. The zero-order valence-electron chi connectivity index (χ0n) is 9.19. The van der Waals surface area contributed by atoms with Gasteiger partial charge >= 0.3 is 0 Å². The lowest BCUT2D eigenvalue weighted by Gasteiger charge is -2.02. The number of rotatable bonds is 2. The number of nitrogens with two attached hydrogens (primary N) is 1. The molecule has 0 spiro atoms. The minimum absolute atomic E-state index is 0.774. The molecule has 17 heavy (non-hydrogen) atoms. The van der Waals surface area contributed by atoms with Crippen molar-refractivity contribution in [2.45, 2.75) is 0 Å². The molecule has 0 aliphatic heterocycles. The van der Waals surface area contributed by atoms with Gasteiger partial charge in [-0.1, -0.05) is 0 Å². The van der Waals surface area contributed by atoms with Crippen molar-refractivity contribution in [3.05, 3.63) is 61.4 Å². The average Bonchev–Trinajstić information content (AvgIpc) is 3.00. The molecule has 84 valence electrons. The summed E-state index contributed by atoms with van der Waals surface area (Å²) in [5.41, 5.74) is 8.61. The summed E-state index contributed by atoms with van der Waals surface area (Å²) < 4.78 is 4.02. The van der Waals surface area contributed by atoms with Crippen molar-refractivity contribution in [3.63, 3.8) is 0 Å². The maximum atomic E-state index is 5.67. The SMILES string of the molecule is Nc1ccc(-n2ccc(-n3ccnc3)c2)cc1. The maximum absolute atomic E-state index is 5.67. The molecule has 0 aliphatic rings. The van der Waals surface area contributed by atoms with E-state index in [9.17, 15) is 0 Å². The molecular weight excluding hydrogens is 212 g/mol. The highest BCUT2D eigenvalue weighted by atomic mass is 15.1. The largest absolute Gasteiger partial charge is 0.399 e. The van der Waals surface area contributed by atoms with Gasteiger partial charge in [0.2, 0.25) is 0 Å². The smallest absolute Gasteiger partial charge is 0.0992 e. The van der Waals surface area contributed by atoms with Crippen molar-refractivity contribution in [2.24, 2.45) is 0 Å². The Morgan fingerprint density at radius 3 is 2.41 bits per heavy atom. The molecular formula is C13H12N4. The lowest BCUT2D eigenvalue weighted by Crippen LogP contribution is -1.92. The molecule has 4 heteroatoms. The normalized spacial score (nSPS) is 10.6. The van der Waals surface area contributed by atoms with Crippen LogP contribution in [0.3, 0.4) is 0 Å². The highest BCUT2D eigenvalue weighted by Gasteiger charge is 2.00. The fourth-order valence-electron chi connectivity index (χ4n) is 1.76. The first-order valence-corrected chi connectivity index (χ1v) is 5.35. The quantitative estimate of drug-likeness (QED) is 0.679. The van der Waals surface area contributed by atoms with E-state index in [0.29, 0.717) is 0 Å². The number of anilines is 1. The molecule has 2 heterocycles. The summed E-state index contributed by atoms with van der Waals surface area (Å²) in [7, 11) is 0. The molecule has 3 aromatic rings. The second kappa shape index (κ2) is 3.83. The molecule has 0 atom stereocenters. The predicted octanol–water partition coefficient (Wildman–Crippen LogP) is 2.25. The van der Waals surface area contributed by atoms with Crippen LogP contribution in [0.2, 0.25) is 0 Å². The van der Waals surface area contributed by atoms with Crippen LogP contribution in [0.5, 0.6) is 0 Å². The Morgan fingerprint density at radius 1 is 0.882 bits per heavy atom. The van der Waals surface area contributed by atoms with Crippen LogP contribution in [0, 0.1) is 0 Å². The Labute approximate surface area is 98.9 Å². The molecule has 0 saturated heterocycles. The fourth-order valence-corrected chi connectivity index (χ4v) is 1.76. The second-order valence-corrected chi connectivity index (χ2v) is 3.84. The highest BCUT2D eigenvalue weighted by molar-refractivity contribution is 5.46. The van der Waals surface area contributed by atoms with Crippen molar-refractivity contribution in [1.82, 2.24) is 14.1 Å². The lowest BCUT2D eigenvalue weighted by atomic mass is 10.3. The first-order chi connectivity index (χ1) is 8.33. The first kappa shape index (κ1) is 9.72. The molecule has 0 fully saturated rings. The number of nitrogens with zero attached hydrogens (tertiary/aromatic N) is 3. The van der Waals surface area contributed by atoms with Gasteiger partial charge in [-0.2, -0.15) is 0 Å². The second-order valence-electron chi connectivity index (χ2n) is 3.84. The molecule has 0 saturated carbocycles. The number of hydrogen-bond acceptors (Lipinski definition) is 2. The van der Waals surface area contributed by atoms with Crippen LogP contribution in [0.4, 0.5) is 5.69 Å². The monoisotopic (exact) mass is 224 g/mol. The summed E-state index contributed by atoms with van der Waals surface area (Å²) in [5.74, 6) is 0. The van der Waals surface area contributed by atoms with E-state index in [-0.39, 0.29) is 0 Å². The van der Waals surface area contributed by atoms with E-state index < -0.39 is 0 Å². The molecule has 0 amide bonds. The number of hydrogen-bond donors (Lipinski definition) is 1. The van der Waals surface area contributed by atoms with Crippen LogP contribution in [-0.4, -0.2) is 14.1 Å². The standard InChI is InChI=1S/C13H12N4/c14-11-1-3-12(4-2-11)16-7-5-13(9-16)17-8-6-15-10-17/h1-10H,14H2. The van der Waals surface area contributed by atoms with Crippen LogP contribution in [0.15, 0.2) is 61.4 Å². The highest BCUT2D eigenvalue weighted by Crippen LogP contribution is 2.15. The Hall–Kier alpha value is -2.49. The maximum Gasteiger partial charge on any atom is 0.0992 e. The van der Waals surface area contributed by atoms with Gasteiger partial charge in [0.1, 0.15) is 0 Å².